The van der Waals surface area contributed by atoms with Crippen molar-refractivity contribution < 1.29 is 5.11 Å². The van der Waals surface area contributed by atoms with Gasteiger partial charge in [-0.3, -0.25) is 4.98 Å². The Morgan fingerprint density at radius 2 is 1.95 bits per heavy atom. The van der Waals surface area contributed by atoms with Gasteiger partial charge in [-0.05, 0) is 36.5 Å². The third-order valence-corrected chi connectivity index (χ3v) is 4.45. The average molecular weight is 284 g/mol. The highest BCUT2D eigenvalue weighted by atomic mass is 16.3. The number of rotatable bonds is 3. The molecule has 0 atom stereocenters. The van der Waals surface area contributed by atoms with E-state index in [1.807, 2.05) is 18.2 Å². The number of hydrogen-bond acceptors (Lipinski definition) is 3. The Labute approximate surface area is 126 Å². The Kier molecular flexibility index (Phi) is 3.96. The topological polar surface area (TPSA) is 36.4 Å². The summed E-state index contributed by atoms with van der Waals surface area (Å²) in [7, 11) is 0. The second-order valence-electron chi connectivity index (χ2n) is 6.60. The molecule has 21 heavy (non-hydrogen) atoms. The predicted octanol–water partition coefficient (Wildman–Crippen LogP) is 3.17. The van der Waals surface area contributed by atoms with Crippen LogP contribution >= 0.6 is 0 Å². The summed E-state index contributed by atoms with van der Waals surface area (Å²) in [6.45, 7) is 7.54. The number of hydrogen-bond donors (Lipinski definition) is 1. The molecule has 1 aliphatic rings. The molecule has 2 aromatic rings. The van der Waals surface area contributed by atoms with Crippen molar-refractivity contribution in [3.63, 3.8) is 0 Å². The van der Waals surface area contributed by atoms with Crippen LogP contribution in [0, 0.1) is 5.92 Å². The highest BCUT2D eigenvalue weighted by Gasteiger charge is 2.35. The molecule has 1 aromatic carbocycles. The minimum absolute atomic E-state index is 0.679. The van der Waals surface area contributed by atoms with Gasteiger partial charge in [0.05, 0.1) is 11.1 Å². The molecule has 0 saturated carbocycles. The molecule has 1 saturated heterocycles. The van der Waals surface area contributed by atoms with Crippen LogP contribution in [0.3, 0.4) is 0 Å². The number of piperidine rings is 1. The summed E-state index contributed by atoms with van der Waals surface area (Å²) in [5, 5.41) is 12.2. The average Bonchev–Trinajstić information content (AvgIpc) is 2.49. The second-order valence-corrected chi connectivity index (χ2v) is 6.60. The van der Waals surface area contributed by atoms with E-state index in [0.717, 1.165) is 48.9 Å². The van der Waals surface area contributed by atoms with Crippen molar-refractivity contribution in [2.75, 3.05) is 19.6 Å². The molecular weight excluding hydrogens is 260 g/mol. The summed E-state index contributed by atoms with van der Waals surface area (Å²) in [5.41, 5.74) is 1.29. The number of aromatic nitrogens is 1. The van der Waals surface area contributed by atoms with E-state index >= 15 is 0 Å². The molecule has 0 unspecified atom stereocenters. The maximum absolute atomic E-state index is 11.1. The van der Waals surface area contributed by atoms with Gasteiger partial charge >= 0.3 is 0 Å². The Hall–Kier alpha value is -1.45. The van der Waals surface area contributed by atoms with Crippen molar-refractivity contribution in [1.82, 2.24) is 9.88 Å². The molecular formula is C18H24N2O. The Bertz CT molecular complexity index is 610. The van der Waals surface area contributed by atoms with Crippen LogP contribution in [0.1, 0.15) is 32.3 Å². The molecule has 0 aliphatic carbocycles. The number of likely N-dealkylation sites (tertiary alicyclic amines) is 1. The second kappa shape index (κ2) is 5.74. The maximum Gasteiger partial charge on any atom is 0.0927 e. The number of pyridine rings is 1. The van der Waals surface area contributed by atoms with Crippen LogP contribution in [0.15, 0.2) is 36.5 Å². The van der Waals surface area contributed by atoms with Gasteiger partial charge in [-0.1, -0.05) is 32.0 Å². The van der Waals surface area contributed by atoms with Crippen LogP contribution in [-0.2, 0) is 5.60 Å². The van der Waals surface area contributed by atoms with Gasteiger partial charge < -0.3 is 10.0 Å². The minimum atomic E-state index is -0.712. The molecule has 1 fully saturated rings. The zero-order valence-electron chi connectivity index (χ0n) is 12.9. The molecule has 112 valence electrons. The van der Waals surface area contributed by atoms with E-state index in [9.17, 15) is 5.11 Å². The summed E-state index contributed by atoms with van der Waals surface area (Å²) in [5.74, 6) is 0.679. The summed E-state index contributed by atoms with van der Waals surface area (Å²) in [6.07, 6.45) is 3.41. The quantitative estimate of drug-likeness (QED) is 0.940. The molecule has 2 heterocycles. The Morgan fingerprint density at radius 1 is 1.19 bits per heavy atom. The summed E-state index contributed by atoms with van der Waals surface area (Å²) >= 11 is 0. The number of nitrogens with zero attached hydrogens (tertiary/aromatic N) is 2. The van der Waals surface area contributed by atoms with E-state index in [1.165, 1.54) is 0 Å². The van der Waals surface area contributed by atoms with Gasteiger partial charge in [0.25, 0.3) is 0 Å². The van der Waals surface area contributed by atoms with Gasteiger partial charge in [0.15, 0.2) is 0 Å². The number of benzene rings is 1. The molecule has 3 heteroatoms. The molecule has 1 aliphatic heterocycles. The molecule has 1 N–H and O–H groups in total. The molecule has 0 radical (unpaired) electrons. The third kappa shape index (κ3) is 2.94. The van der Waals surface area contributed by atoms with E-state index in [1.54, 1.807) is 6.20 Å². The van der Waals surface area contributed by atoms with Crippen LogP contribution in [0.25, 0.3) is 10.9 Å². The van der Waals surface area contributed by atoms with Crippen molar-refractivity contribution in [2.24, 2.45) is 5.92 Å². The Morgan fingerprint density at radius 3 is 2.67 bits per heavy atom. The highest BCUT2D eigenvalue weighted by molar-refractivity contribution is 5.82. The smallest absolute Gasteiger partial charge is 0.0927 e. The lowest BCUT2D eigenvalue weighted by Gasteiger charge is -2.39. The van der Waals surface area contributed by atoms with E-state index in [4.69, 9.17) is 0 Å². The van der Waals surface area contributed by atoms with Crippen LogP contribution in [0.4, 0.5) is 0 Å². The monoisotopic (exact) mass is 284 g/mol. The lowest BCUT2D eigenvalue weighted by molar-refractivity contribution is -0.0268. The predicted molar refractivity (Wildman–Crippen MR) is 86.2 cm³/mol. The van der Waals surface area contributed by atoms with Crippen molar-refractivity contribution in [1.29, 1.82) is 0 Å². The van der Waals surface area contributed by atoms with Crippen molar-refractivity contribution in [2.45, 2.75) is 32.3 Å². The fraction of sp³-hybridized carbons (Fsp3) is 0.500. The summed E-state index contributed by atoms with van der Waals surface area (Å²) in [6, 6.07) is 10.1. The zero-order chi connectivity index (χ0) is 14.9. The van der Waals surface area contributed by atoms with Crippen LogP contribution < -0.4 is 0 Å². The first-order valence-electron chi connectivity index (χ1n) is 7.87. The SMILES string of the molecule is CC(C)CN1CCC(O)(c2cccc3ncccc23)CC1. The van der Waals surface area contributed by atoms with Gasteiger partial charge in [-0.2, -0.15) is 0 Å². The summed E-state index contributed by atoms with van der Waals surface area (Å²) < 4.78 is 0. The van der Waals surface area contributed by atoms with Gasteiger partial charge in [0.2, 0.25) is 0 Å². The first-order valence-corrected chi connectivity index (χ1v) is 7.87. The van der Waals surface area contributed by atoms with E-state index in [2.05, 4.69) is 35.9 Å². The van der Waals surface area contributed by atoms with Gasteiger partial charge in [0, 0.05) is 31.2 Å². The van der Waals surface area contributed by atoms with Gasteiger partial charge in [-0.25, -0.2) is 0 Å². The molecule has 0 bridgehead atoms. The van der Waals surface area contributed by atoms with E-state index in [-0.39, 0.29) is 0 Å². The standard InChI is InChI=1S/C18H24N2O/c1-14(2)13-20-11-8-18(21,9-12-20)16-6-3-7-17-15(16)5-4-10-19-17/h3-7,10,14,21H,8-9,11-13H2,1-2H3. The Balaban J connectivity index is 1.86. The van der Waals surface area contributed by atoms with Crippen molar-refractivity contribution >= 4 is 10.9 Å². The van der Waals surface area contributed by atoms with Crippen LogP contribution in [-0.4, -0.2) is 34.6 Å². The minimum Gasteiger partial charge on any atom is -0.385 e. The molecule has 3 rings (SSSR count). The lowest BCUT2D eigenvalue weighted by Crippen LogP contribution is -2.43. The van der Waals surface area contributed by atoms with E-state index < -0.39 is 5.60 Å². The first-order chi connectivity index (χ1) is 10.1. The third-order valence-electron chi connectivity index (χ3n) is 4.45. The maximum atomic E-state index is 11.1. The van der Waals surface area contributed by atoms with Gasteiger partial charge in [0.1, 0.15) is 0 Å². The zero-order valence-corrected chi connectivity index (χ0v) is 12.9. The van der Waals surface area contributed by atoms with Crippen molar-refractivity contribution in [3.05, 3.63) is 42.1 Å². The van der Waals surface area contributed by atoms with Crippen LogP contribution in [0.5, 0.6) is 0 Å². The highest BCUT2D eigenvalue weighted by Crippen LogP contribution is 2.36. The molecule has 3 nitrogen and oxygen atoms in total. The molecule has 0 amide bonds. The number of aliphatic hydroxyl groups is 1. The summed E-state index contributed by atoms with van der Waals surface area (Å²) in [4.78, 5) is 6.86. The normalized spacial score (nSPS) is 19.2. The largest absolute Gasteiger partial charge is 0.385 e. The lowest BCUT2D eigenvalue weighted by atomic mass is 9.82. The van der Waals surface area contributed by atoms with Gasteiger partial charge in [-0.15, -0.1) is 0 Å². The fourth-order valence-corrected chi connectivity index (χ4v) is 3.40. The molecule has 1 aromatic heterocycles. The van der Waals surface area contributed by atoms with Crippen LogP contribution in [0.2, 0.25) is 0 Å². The number of fused-ring (bicyclic) bond motifs is 1. The van der Waals surface area contributed by atoms with E-state index in [0.29, 0.717) is 5.92 Å². The first kappa shape index (κ1) is 14.5. The van der Waals surface area contributed by atoms with Crippen molar-refractivity contribution in [3.8, 4) is 0 Å². The fourth-order valence-electron chi connectivity index (χ4n) is 3.40. The molecule has 0 spiro atoms.